The van der Waals surface area contributed by atoms with Crippen molar-refractivity contribution in [1.82, 2.24) is 9.97 Å². The van der Waals surface area contributed by atoms with Crippen molar-refractivity contribution < 1.29 is 5.11 Å². The van der Waals surface area contributed by atoms with Crippen LogP contribution in [0.1, 0.15) is 32.1 Å². The normalized spacial score (nSPS) is 18.3. The molecule has 2 aromatic rings. The molecule has 2 heterocycles. The molecule has 2 N–H and O–H groups in total. The molecule has 0 unspecified atom stereocenters. The van der Waals surface area contributed by atoms with Crippen LogP contribution in [0.5, 0.6) is 0 Å². The van der Waals surface area contributed by atoms with Crippen LogP contribution in [0.4, 0.5) is 5.82 Å². The highest BCUT2D eigenvalue weighted by atomic mass is 35.5. The Bertz CT molecular complexity index is 595. The number of fused-ring (bicyclic) bond motifs is 1. The molecule has 0 aliphatic heterocycles. The van der Waals surface area contributed by atoms with Gasteiger partial charge in [-0.1, -0.05) is 19.3 Å². The number of anilines is 1. The van der Waals surface area contributed by atoms with Crippen molar-refractivity contribution in [2.24, 2.45) is 5.41 Å². The van der Waals surface area contributed by atoms with Crippen molar-refractivity contribution in [2.45, 2.75) is 32.1 Å². The predicted octanol–water partition coefficient (Wildman–Crippen LogP) is 3.70. The lowest BCUT2D eigenvalue weighted by atomic mass is 9.74. The molecule has 1 aliphatic carbocycles. The van der Waals surface area contributed by atoms with E-state index in [4.69, 9.17) is 11.6 Å². The second kappa shape index (κ2) is 5.84. The molecule has 0 amide bonds. The Hall–Kier alpha value is -0.910. The number of aliphatic hydroxyl groups is 1. The molecule has 0 bridgehead atoms. The first kappa shape index (κ1) is 14.0. The zero-order chi connectivity index (χ0) is 14.0. The van der Waals surface area contributed by atoms with E-state index in [9.17, 15) is 5.11 Å². The molecule has 2 aromatic heterocycles. The molecule has 0 aromatic carbocycles. The third-order valence-electron chi connectivity index (χ3n) is 4.18. The summed E-state index contributed by atoms with van der Waals surface area (Å²) in [6, 6.07) is 2.01. The molecule has 1 aliphatic rings. The lowest BCUT2D eigenvalue weighted by Gasteiger charge is -2.35. The molecule has 20 heavy (non-hydrogen) atoms. The summed E-state index contributed by atoms with van der Waals surface area (Å²) in [5, 5.41) is 16.4. The van der Waals surface area contributed by atoms with Gasteiger partial charge in [-0.3, -0.25) is 0 Å². The van der Waals surface area contributed by atoms with Crippen molar-refractivity contribution in [3.05, 3.63) is 16.7 Å². The van der Waals surface area contributed by atoms with Gasteiger partial charge in [-0.2, -0.15) is 0 Å². The predicted molar refractivity (Wildman–Crippen MR) is 83.5 cm³/mol. The summed E-state index contributed by atoms with van der Waals surface area (Å²) in [5.74, 6) is 0.777. The van der Waals surface area contributed by atoms with Gasteiger partial charge in [-0.25, -0.2) is 9.97 Å². The number of thiophene rings is 1. The van der Waals surface area contributed by atoms with E-state index in [2.05, 4.69) is 15.3 Å². The Morgan fingerprint density at radius 2 is 2.10 bits per heavy atom. The third-order valence-corrected chi connectivity index (χ3v) is 5.15. The Morgan fingerprint density at radius 3 is 2.85 bits per heavy atom. The fourth-order valence-corrected chi connectivity index (χ4v) is 3.91. The number of hydrogen-bond donors (Lipinski definition) is 2. The van der Waals surface area contributed by atoms with Gasteiger partial charge in [-0.15, -0.1) is 11.3 Å². The average molecular weight is 312 g/mol. The fraction of sp³-hybridized carbons (Fsp3) is 0.571. The van der Waals surface area contributed by atoms with Crippen molar-refractivity contribution in [1.29, 1.82) is 0 Å². The smallest absolute Gasteiger partial charge is 0.225 e. The van der Waals surface area contributed by atoms with E-state index in [-0.39, 0.29) is 17.3 Å². The topological polar surface area (TPSA) is 58.0 Å². The van der Waals surface area contributed by atoms with Crippen LogP contribution in [0.3, 0.4) is 0 Å². The first-order valence-electron chi connectivity index (χ1n) is 6.98. The van der Waals surface area contributed by atoms with Crippen molar-refractivity contribution >= 4 is 39.0 Å². The van der Waals surface area contributed by atoms with Gasteiger partial charge < -0.3 is 10.4 Å². The van der Waals surface area contributed by atoms with Crippen LogP contribution in [0.2, 0.25) is 5.28 Å². The summed E-state index contributed by atoms with van der Waals surface area (Å²) in [6.07, 6.45) is 5.81. The quantitative estimate of drug-likeness (QED) is 0.845. The van der Waals surface area contributed by atoms with Gasteiger partial charge >= 0.3 is 0 Å². The van der Waals surface area contributed by atoms with Crippen molar-refractivity contribution in [3.8, 4) is 0 Å². The van der Waals surface area contributed by atoms with Crippen molar-refractivity contribution in [2.75, 3.05) is 18.5 Å². The third kappa shape index (κ3) is 2.75. The number of nitrogens with one attached hydrogen (secondary N) is 1. The molecule has 0 saturated heterocycles. The van der Waals surface area contributed by atoms with Crippen LogP contribution >= 0.6 is 22.9 Å². The molecule has 4 nitrogen and oxygen atoms in total. The second-order valence-electron chi connectivity index (χ2n) is 5.55. The highest BCUT2D eigenvalue weighted by Gasteiger charge is 2.31. The minimum Gasteiger partial charge on any atom is -0.396 e. The lowest BCUT2D eigenvalue weighted by molar-refractivity contribution is 0.0943. The number of aliphatic hydroxyl groups excluding tert-OH is 1. The molecule has 6 heteroatoms. The molecule has 1 fully saturated rings. The summed E-state index contributed by atoms with van der Waals surface area (Å²) in [5.41, 5.74) is -0.0159. The lowest BCUT2D eigenvalue weighted by Crippen LogP contribution is -2.35. The van der Waals surface area contributed by atoms with Crippen LogP contribution in [-0.4, -0.2) is 28.2 Å². The number of halogens is 1. The maximum atomic E-state index is 9.75. The van der Waals surface area contributed by atoms with Crippen LogP contribution in [0.15, 0.2) is 11.4 Å². The van der Waals surface area contributed by atoms with E-state index >= 15 is 0 Å². The molecule has 1 saturated carbocycles. The second-order valence-corrected chi connectivity index (χ2v) is 6.79. The van der Waals surface area contributed by atoms with Gasteiger partial charge in [0.05, 0.1) is 12.0 Å². The van der Waals surface area contributed by atoms with Gasteiger partial charge in [0.15, 0.2) is 0 Å². The summed E-state index contributed by atoms with van der Waals surface area (Å²) in [4.78, 5) is 9.40. The van der Waals surface area contributed by atoms with E-state index in [1.807, 2.05) is 11.4 Å². The minimum absolute atomic E-state index is 0.0159. The zero-order valence-electron chi connectivity index (χ0n) is 11.2. The highest BCUT2D eigenvalue weighted by Crippen LogP contribution is 2.36. The fourth-order valence-electron chi connectivity index (χ4n) is 2.93. The minimum atomic E-state index is -0.0159. The van der Waals surface area contributed by atoms with Crippen LogP contribution < -0.4 is 5.32 Å². The number of hydrogen-bond acceptors (Lipinski definition) is 5. The number of rotatable bonds is 4. The summed E-state index contributed by atoms with van der Waals surface area (Å²) >= 11 is 7.52. The van der Waals surface area contributed by atoms with Crippen LogP contribution in [-0.2, 0) is 0 Å². The zero-order valence-corrected chi connectivity index (χ0v) is 12.8. The van der Waals surface area contributed by atoms with Crippen molar-refractivity contribution in [3.63, 3.8) is 0 Å². The standard InChI is InChI=1S/C14H18ClN3OS/c15-13-17-11(10-4-7-20-12(10)18-13)16-8-14(9-19)5-2-1-3-6-14/h4,7,19H,1-3,5-6,8-9H2,(H,16,17,18). The molecule has 108 valence electrons. The van der Waals surface area contributed by atoms with Gasteiger partial charge in [0.2, 0.25) is 5.28 Å². The van der Waals surface area contributed by atoms with E-state index in [1.165, 1.54) is 19.3 Å². The van der Waals surface area contributed by atoms with Gasteiger partial charge in [0.25, 0.3) is 0 Å². The van der Waals surface area contributed by atoms with E-state index in [0.717, 1.165) is 35.4 Å². The summed E-state index contributed by atoms with van der Waals surface area (Å²) < 4.78 is 0. The Balaban J connectivity index is 1.80. The monoisotopic (exact) mass is 311 g/mol. The van der Waals surface area contributed by atoms with E-state index < -0.39 is 0 Å². The Labute approximate surface area is 127 Å². The molecule has 0 radical (unpaired) electrons. The largest absolute Gasteiger partial charge is 0.396 e. The first-order valence-corrected chi connectivity index (χ1v) is 8.24. The number of nitrogens with zero attached hydrogens (tertiary/aromatic N) is 2. The Kier molecular flexibility index (Phi) is 4.10. The maximum Gasteiger partial charge on any atom is 0.225 e. The summed E-state index contributed by atoms with van der Waals surface area (Å²) in [6.45, 7) is 0.966. The molecule has 3 rings (SSSR count). The maximum absolute atomic E-state index is 9.75. The van der Waals surface area contributed by atoms with Crippen LogP contribution in [0, 0.1) is 5.41 Å². The van der Waals surface area contributed by atoms with Gasteiger partial charge in [0.1, 0.15) is 10.6 Å². The van der Waals surface area contributed by atoms with Crippen LogP contribution in [0.25, 0.3) is 10.2 Å². The Morgan fingerprint density at radius 1 is 1.30 bits per heavy atom. The molecule has 0 spiro atoms. The first-order chi connectivity index (χ1) is 9.72. The van der Waals surface area contributed by atoms with Gasteiger partial charge in [-0.05, 0) is 35.9 Å². The molecular formula is C14H18ClN3OS. The summed E-state index contributed by atoms with van der Waals surface area (Å²) in [7, 11) is 0. The highest BCUT2D eigenvalue weighted by molar-refractivity contribution is 7.16. The SMILES string of the molecule is OCC1(CNc2nc(Cl)nc3sccc23)CCCCC1. The molecular weight excluding hydrogens is 294 g/mol. The van der Waals surface area contributed by atoms with E-state index in [0.29, 0.717) is 0 Å². The molecule has 0 atom stereocenters. The average Bonchev–Trinajstić information content (AvgIpc) is 2.94. The van der Waals surface area contributed by atoms with Gasteiger partial charge in [0, 0.05) is 12.0 Å². The van der Waals surface area contributed by atoms with E-state index in [1.54, 1.807) is 11.3 Å². The number of aromatic nitrogens is 2.